The van der Waals surface area contributed by atoms with E-state index in [1.807, 2.05) is 32.9 Å². The van der Waals surface area contributed by atoms with E-state index in [0.29, 0.717) is 17.2 Å². The molecule has 2 N–H and O–H groups in total. The van der Waals surface area contributed by atoms with Gasteiger partial charge in [-0.05, 0) is 44.9 Å². The molecule has 0 unspecified atom stereocenters. The molecule has 9 heteroatoms. The highest BCUT2D eigenvalue weighted by molar-refractivity contribution is 7.99. The molecule has 0 saturated carbocycles. The molecule has 2 heterocycles. The van der Waals surface area contributed by atoms with Crippen LogP contribution in [0.1, 0.15) is 22.5 Å². The summed E-state index contributed by atoms with van der Waals surface area (Å²) in [5, 5.41) is 13.6. The van der Waals surface area contributed by atoms with Crippen molar-refractivity contribution in [2.75, 3.05) is 17.6 Å². The van der Waals surface area contributed by atoms with Crippen LogP contribution < -0.4 is 10.6 Å². The van der Waals surface area contributed by atoms with Gasteiger partial charge < -0.3 is 19.5 Å². The molecular weight excluding hydrogens is 392 g/mol. The standard InChI is InChI=1S/C20H22N4O4S/c1-11-7-12(2)18(13(3)8-11)22-16(25)9-21-17(26)10-29-20-24-23-19(28-20)15-5-6-27-14(15)4/h5-8H,9-10H2,1-4H3,(H,21,26)(H,22,25). The predicted molar refractivity (Wildman–Crippen MR) is 110 cm³/mol. The van der Waals surface area contributed by atoms with Crippen LogP contribution in [0.15, 0.2) is 38.5 Å². The summed E-state index contributed by atoms with van der Waals surface area (Å²) in [6.07, 6.45) is 1.54. The second kappa shape index (κ2) is 8.95. The van der Waals surface area contributed by atoms with Gasteiger partial charge in [-0.2, -0.15) is 0 Å². The Hall–Kier alpha value is -3.07. The fourth-order valence-corrected chi connectivity index (χ4v) is 3.49. The molecular formula is C20H22N4O4S. The third-order valence-electron chi connectivity index (χ3n) is 4.21. The van der Waals surface area contributed by atoms with Crippen LogP contribution in [0.3, 0.4) is 0 Å². The Balaban J connectivity index is 1.46. The van der Waals surface area contributed by atoms with Crippen LogP contribution in [0.4, 0.5) is 5.69 Å². The van der Waals surface area contributed by atoms with Crippen LogP contribution in [0.2, 0.25) is 0 Å². The number of aromatic nitrogens is 2. The van der Waals surface area contributed by atoms with Gasteiger partial charge in [-0.1, -0.05) is 29.5 Å². The minimum atomic E-state index is -0.304. The number of benzene rings is 1. The fraction of sp³-hybridized carbons (Fsp3) is 0.300. The molecule has 0 spiro atoms. The zero-order chi connectivity index (χ0) is 21.0. The number of furan rings is 1. The van der Waals surface area contributed by atoms with Crippen molar-refractivity contribution in [2.24, 2.45) is 0 Å². The lowest BCUT2D eigenvalue weighted by molar-refractivity contribution is -0.122. The second-order valence-electron chi connectivity index (χ2n) is 6.65. The molecule has 3 aromatic rings. The number of anilines is 1. The normalized spacial score (nSPS) is 10.8. The number of carbonyl (C=O) groups excluding carboxylic acids is 2. The van der Waals surface area contributed by atoms with Gasteiger partial charge in [0.1, 0.15) is 5.76 Å². The van der Waals surface area contributed by atoms with E-state index in [0.717, 1.165) is 34.1 Å². The van der Waals surface area contributed by atoms with Gasteiger partial charge in [-0.3, -0.25) is 9.59 Å². The van der Waals surface area contributed by atoms with Crippen LogP contribution in [0, 0.1) is 27.7 Å². The summed E-state index contributed by atoms with van der Waals surface area (Å²) in [6.45, 7) is 7.56. The molecule has 1 aromatic carbocycles. The van der Waals surface area contributed by atoms with E-state index in [2.05, 4.69) is 20.8 Å². The van der Waals surface area contributed by atoms with Crippen LogP contribution in [-0.2, 0) is 9.59 Å². The number of amides is 2. The summed E-state index contributed by atoms with van der Waals surface area (Å²) in [4.78, 5) is 24.2. The van der Waals surface area contributed by atoms with E-state index in [-0.39, 0.29) is 29.3 Å². The maximum atomic E-state index is 12.2. The third kappa shape index (κ3) is 5.26. The van der Waals surface area contributed by atoms with E-state index in [1.54, 1.807) is 19.3 Å². The largest absolute Gasteiger partial charge is 0.469 e. The maximum Gasteiger partial charge on any atom is 0.277 e. The van der Waals surface area contributed by atoms with Crippen molar-refractivity contribution in [2.45, 2.75) is 32.9 Å². The lowest BCUT2D eigenvalue weighted by atomic mass is 10.1. The Morgan fingerprint density at radius 1 is 1.07 bits per heavy atom. The maximum absolute atomic E-state index is 12.2. The van der Waals surface area contributed by atoms with Crippen molar-refractivity contribution < 1.29 is 18.4 Å². The highest BCUT2D eigenvalue weighted by atomic mass is 32.2. The number of rotatable bonds is 7. The van der Waals surface area contributed by atoms with E-state index in [4.69, 9.17) is 8.83 Å². The monoisotopic (exact) mass is 414 g/mol. The van der Waals surface area contributed by atoms with Gasteiger partial charge in [0.2, 0.25) is 11.8 Å². The Bertz CT molecular complexity index is 1020. The second-order valence-corrected chi connectivity index (χ2v) is 7.58. The van der Waals surface area contributed by atoms with Crippen molar-refractivity contribution in [1.82, 2.24) is 15.5 Å². The highest BCUT2D eigenvalue weighted by Crippen LogP contribution is 2.26. The fourth-order valence-electron chi connectivity index (χ4n) is 2.90. The summed E-state index contributed by atoms with van der Waals surface area (Å²) >= 11 is 1.10. The Kier molecular flexibility index (Phi) is 6.38. The van der Waals surface area contributed by atoms with Crippen molar-refractivity contribution in [1.29, 1.82) is 0 Å². The van der Waals surface area contributed by atoms with Gasteiger partial charge in [0, 0.05) is 5.69 Å². The molecule has 0 aliphatic rings. The van der Waals surface area contributed by atoms with E-state index in [9.17, 15) is 9.59 Å². The van der Waals surface area contributed by atoms with Crippen molar-refractivity contribution in [3.63, 3.8) is 0 Å². The molecule has 0 saturated heterocycles. The first-order valence-corrected chi connectivity index (χ1v) is 9.97. The first-order chi connectivity index (χ1) is 13.8. The average molecular weight is 414 g/mol. The van der Waals surface area contributed by atoms with Gasteiger partial charge >= 0.3 is 0 Å². The molecule has 152 valence electrons. The summed E-state index contributed by atoms with van der Waals surface area (Å²) in [6, 6.07) is 5.74. The molecule has 8 nitrogen and oxygen atoms in total. The molecule has 0 atom stereocenters. The number of carbonyl (C=O) groups is 2. The number of thioether (sulfide) groups is 1. The summed E-state index contributed by atoms with van der Waals surface area (Å²) in [5.41, 5.74) is 4.59. The Morgan fingerprint density at radius 2 is 1.79 bits per heavy atom. The zero-order valence-electron chi connectivity index (χ0n) is 16.7. The molecule has 0 aliphatic heterocycles. The number of aryl methyl sites for hydroxylation is 4. The average Bonchev–Trinajstić information content (AvgIpc) is 3.29. The van der Waals surface area contributed by atoms with Crippen molar-refractivity contribution in [3.05, 3.63) is 46.9 Å². The first kappa shape index (κ1) is 20.7. The van der Waals surface area contributed by atoms with Gasteiger partial charge in [-0.15, -0.1) is 10.2 Å². The van der Waals surface area contributed by atoms with Crippen LogP contribution in [0.5, 0.6) is 0 Å². The van der Waals surface area contributed by atoms with Gasteiger partial charge in [-0.25, -0.2) is 0 Å². The van der Waals surface area contributed by atoms with E-state index in [1.165, 1.54) is 0 Å². The number of hydrogen-bond donors (Lipinski definition) is 2. The molecule has 0 fully saturated rings. The third-order valence-corrected chi connectivity index (χ3v) is 5.03. The lowest BCUT2D eigenvalue weighted by Crippen LogP contribution is -2.34. The SMILES string of the molecule is Cc1cc(C)c(NC(=O)CNC(=O)CSc2nnc(-c3ccoc3C)o2)c(C)c1. The van der Waals surface area contributed by atoms with E-state index >= 15 is 0 Å². The Labute approximate surface area is 172 Å². The van der Waals surface area contributed by atoms with E-state index < -0.39 is 0 Å². The molecule has 0 aliphatic carbocycles. The first-order valence-electron chi connectivity index (χ1n) is 8.98. The van der Waals surface area contributed by atoms with Gasteiger partial charge in [0.15, 0.2) is 0 Å². The molecule has 29 heavy (non-hydrogen) atoms. The molecule has 2 aromatic heterocycles. The summed E-state index contributed by atoms with van der Waals surface area (Å²) in [7, 11) is 0. The number of nitrogens with zero attached hydrogens (tertiary/aromatic N) is 2. The topological polar surface area (TPSA) is 110 Å². The van der Waals surface area contributed by atoms with Gasteiger partial charge in [0.25, 0.3) is 11.1 Å². The smallest absolute Gasteiger partial charge is 0.277 e. The molecule has 3 rings (SSSR count). The van der Waals surface area contributed by atoms with Crippen LogP contribution in [0.25, 0.3) is 11.5 Å². The highest BCUT2D eigenvalue weighted by Gasteiger charge is 2.15. The summed E-state index contributed by atoms with van der Waals surface area (Å²) < 4.78 is 10.7. The Morgan fingerprint density at radius 3 is 2.45 bits per heavy atom. The molecule has 0 bridgehead atoms. The van der Waals surface area contributed by atoms with Crippen molar-refractivity contribution in [3.8, 4) is 11.5 Å². The predicted octanol–water partition coefficient (Wildman–Crippen LogP) is 3.41. The lowest BCUT2D eigenvalue weighted by Gasteiger charge is -2.13. The molecule has 2 amide bonds. The molecule has 0 radical (unpaired) electrons. The quantitative estimate of drug-likeness (QED) is 0.570. The van der Waals surface area contributed by atoms with Crippen molar-refractivity contribution >= 4 is 29.3 Å². The minimum Gasteiger partial charge on any atom is -0.469 e. The number of hydrogen-bond acceptors (Lipinski definition) is 7. The number of nitrogens with one attached hydrogen (secondary N) is 2. The summed E-state index contributed by atoms with van der Waals surface area (Å²) in [5.74, 6) is 0.480. The zero-order valence-corrected chi connectivity index (χ0v) is 17.5. The van der Waals surface area contributed by atoms with Gasteiger partial charge in [0.05, 0.1) is 24.1 Å². The minimum absolute atomic E-state index is 0.0574. The van der Waals surface area contributed by atoms with Crippen LogP contribution >= 0.6 is 11.8 Å². The van der Waals surface area contributed by atoms with Crippen LogP contribution in [-0.4, -0.2) is 34.3 Å².